The molecule has 2 rings (SSSR count). The summed E-state index contributed by atoms with van der Waals surface area (Å²) in [6.07, 6.45) is 3.15. The molecule has 0 fully saturated rings. The lowest BCUT2D eigenvalue weighted by Crippen LogP contribution is -2.07. The van der Waals surface area contributed by atoms with E-state index in [4.69, 9.17) is 4.74 Å². The highest BCUT2D eigenvalue weighted by Gasteiger charge is 2.03. The molecule has 21 heavy (non-hydrogen) atoms. The molecule has 1 aromatic carbocycles. The third-order valence-corrected chi connectivity index (χ3v) is 2.61. The fourth-order valence-corrected chi connectivity index (χ4v) is 1.79. The van der Waals surface area contributed by atoms with Crippen molar-refractivity contribution >= 4 is 11.6 Å². The van der Waals surface area contributed by atoms with Crippen molar-refractivity contribution in [3.05, 3.63) is 53.9 Å². The van der Waals surface area contributed by atoms with Crippen LogP contribution in [0.1, 0.15) is 18.3 Å². The van der Waals surface area contributed by atoms with E-state index in [-0.39, 0.29) is 5.91 Å². The molecule has 5 heteroatoms. The van der Waals surface area contributed by atoms with Crippen LogP contribution in [0.2, 0.25) is 0 Å². The molecule has 0 aliphatic rings. The molecule has 0 spiro atoms. The fraction of sp³-hybridized carbons (Fsp3) is 0.188. The number of amides is 1. The van der Waals surface area contributed by atoms with Gasteiger partial charge in [-0.25, -0.2) is 9.97 Å². The van der Waals surface area contributed by atoms with Gasteiger partial charge in [0.25, 0.3) is 0 Å². The Kier molecular flexibility index (Phi) is 4.66. The minimum Gasteiger partial charge on any atom is -0.424 e. The molecule has 0 unspecified atom stereocenters. The zero-order chi connectivity index (χ0) is 15.2. The average molecular weight is 283 g/mol. The van der Waals surface area contributed by atoms with Crippen molar-refractivity contribution < 1.29 is 9.53 Å². The molecule has 0 aliphatic carbocycles. The Labute approximate surface area is 123 Å². The number of carbonyl (C=O) groups excluding carboxylic acids is 1. The van der Waals surface area contributed by atoms with E-state index < -0.39 is 0 Å². The first kappa shape index (κ1) is 14.7. The van der Waals surface area contributed by atoms with E-state index in [0.717, 1.165) is 11.4 Å². The first-order valence-electron chi connectivity index (χ1n) is 6.60. The maximum absolute atomic E-state index is 11.4. The van der Waals surface area contributed by atoms with Crippen molar-refractivity contribution in [1.82, 2.24) is 9.97 Å². The van der Waals surface area contributed by atoms with Crippen LogP contribution in [0.4, 0.5) is 5.69 Å². The normalized spacial score (nSPS) is 10.6. The molecule has 1 N–H and O–H groups in total. The van der Waals surface area contributed by atoms with E-state index in [2.05, 4.69) is 15.3 Å². The average Bonchev–Trinajstić information content (AvgIpc) is 2.40. The maximum Gasteiger partial charge on any atom is 0.322 e. The highest BCUT2D eigenvalue weighted by Crippen LogP contribution is 2.20. The van der Waals surface area contributed by atoms with E-state index in [9.17, 15) is 4.79 Å². The number of anilines is 1. The number of benzene rings is 1. The molecule has 1 amide bonds. The lowest BCUT2D eigenvalue weighted by atomic mass is 10.3. The van der Waals surface area contributed by atoms with Crippen LogP contribution in [-0.2, 0) is 4.79 Å². The molecular formula is C16H17N3O2. The smallest absolute Gasteiger partial charge is 0.322 e. The van der Waals surface area contributed by atoms with Crippen LogP contribution in [0.3, 0.4) is 0 Å². The van der Waals surface area contributed by atoms with E-state index in [1.54, 1.807) is 37.3 Å². The lowest BCUT2D eigenvalue weighted by Gasteiger charge is -2.07. The number of aryl methyl sites for hydroxylation is 2. The number of nitrogens with one attached hydrogen (secondary N) is 1. The summed E-state index contributed by atoms with van der Waals surface area (Å²) in [5, 5.41) is 2.74. The topological polar surface area (TPSA) is 64.1 Å². The Bertz CT molecular complexity index is 643. The van der Waals surface area contributed by atoms with Gasteiger partial charge in [0.2, 0.25) is 5.91 Å². The number of hydrogen-bond acceptors (Lipinski definition) is 4. The summed E-state index contributed by atoms with van der Waals surface area (Å²) in [4.78, 5) is 19.8. The molecule has 0 aliphatic heterocycles. The van der Waals surface area contributed by atoms with Gasteiger partial charge in [0.1, 0.15) is 5.75 Å². The summed E-state index contributed by atoms with van der Waals surface area (Å²) in [7, 11) is 0. The van der Waals surface area contributed by atoms with Crippen molar-refractivity contribution in [3.8, 4) is 11.8 Å². The Balaban J connectivity index is 2.07. The summed E-state index contributed by atoms with van der Waals surface area (Å²) in [5.41, 5.74) is 2.41. The number of carbonyl (C=O) groups is 1. The zero-order valence-electron chi connectivity index (χ0n) is 12.3. The molecule has 0 atom stereocenters. The second kappa shape index (κ2) is 6.65. The predicted octanol–water partition coefficient (Wildman–Crippen LogP) is 3.40. The van der Waals surface area contributed by atoms with Gasteiger partial charge >= 0.3 is 6.01 Å². The predicted molar refractivity (Wildman–Crippen MR) is 81.5 cm³/mol. The second-order valence-corrected chi connectivity index (χ2v) is 4.55. The summed E-state index contributed by atoms with van der Waals surface area (Å²) in [5.74, 6) is 0.452. The van der Waals surface area contributed by atoms with Crippen molar-refractivity contribution in [3.63, 3.8) is 0 Å². The lowest BCUT2D eigenvalue weighted by molar-refractivity contribution is -0.111. The number of aromatic nitrogens is 2. The van der Waals surface area contributed by atoms with Crippen LogP contribution in [0.5, 0.6) is 11.8 Å². The molecule has 1 aromatic heterocycles. The van der Waals surface area contributed by atoms with Crippen LogP contribution in [0, 0.1) is 13.8 Å². The summed E-state index contributed by atoms with van der Waals surface area (Å²) in [6.45, 7) is 5.57. The van der Waals surface area contributed by atoms with Gasteiger partial charge < -0.3 is 10.1 Å². The monoisotopic (exact) mass is 283 g/mol. The van der Waals surface area contributed by atoms with Crippen LogP contribution in [0.25, 0.3) is 0 Å². The molecule has 0 saturated carbocycles. The third kappa shape index (κ3) is 4.42. The van der Waals surface area contributed by atoms with Crippen LogP contribution >= 0.6 is 0 Å². The Morgan fingerprint density at radius 1 is 1.14 bits per heavy atom. The first-order valence-corrected chi connectivity index (χ1v) is 6.60. The van der Waals surface area contributed by atoms with E-state index in [1.807, 2.05) is 19.9 Å². The van der Waals surface area contributed by atoms with Gasteiger partial charge in [0.15, 0.2) is 0 Å². The SMILES string of the molecule is C/C=C/C(=O)Nc1ccc(Oc2nc(C)cc(C)n2)cc1. The molecule has 5 nitrogen and oxygen atoms in total. The second-order valence-electron chi connectivity index (χ2n) is 4.55. The molecular weight excluding hydrogens is 266 g/mol. The van der Waals surface area contributed by atoms with Crippen LogP contribution in [-0.4, -0.2) is 15.9 Å². The number of allylic oxidation sites excluding steroid dienone is 1. The third-order valence-electron chi connectivity index (χ3n) is 2.61. The molecule has 108 valence electrons. The van der Waals surface area contributed by atoms with E-state index in [0.29, 0.717) is 17.4 Å². The summed E-state index contributed by atoms with van der Waals surface area (Å²) >= 11 is 0. The van der Waals surface area contributed by atoms with Crippen LogP contribution in [0.15, 0.2) is 42.5 Å². The number of nitrogens with zero attached hydrogens (tertiary/aromatic N) is 2. The van der Waals surface area contributed by atoms with E-state index in [1.165, 1.54) is 6.08 Å². The molecule has 2 aromatic rings. The van der Waals surface area contributed by atoms with Gasteiger partial charge in [-0.3, -0.25) is 4.79 Å². The van der Waals surface area contributed by atoms with Gasteiger partial charge in [0.05, 0.1) is 0 Å². The maximum atomic E-state index is 11.4. The van der Waals surface area contributed by atoms with Crippen molar-refractivity contribution in [2.24, 2.45) is 0 Å². The summed E-state index contributed by atoms with van der Waals surface area (Å²) < 4.78 is 5.60. The fourth-order valence-electron chi connectivity index (χ4n) is 1.79. The van der Waals surface area contributed by atoms with Gasteiger partial charge in [-0.15, -0.1) is 0 Å². The standard InChI is InChI=1S/C16H17N3O2/c1-4-5-15(20)19-13-6-8-14(9-7-13)21-16-17-11(2)10-12(3)18-16/h4-10H,1-3H3,(H,19,20)/b5-4+. The highest BCUT2D eigenvalue weighted by atomic mass is 16.5. The molecule has 0 radical (unpaired) electrons. The van der Waals surface area contributed by atoms with Gasteiger partial charge in [0, 0.05) is 17.1 Å². The molecule has 1 heterocycles. The van der Waals surface area contributed by atoms with Crippen molar-refractivity contribution in [2.45, 2.75) is 20.8 Å². The minimum atomic E-state index is -0.163. The quantitative estimate of drug-likeness (QED) is 0.873. The first-order chi connectivity index (χ1) is 10.1. The Morgan fingerprint density at radius 2 is 1.76 bits per heavy atom. The zero-order valence-corrected chi connectivity index (χ0v) is 12.3. The summed E-state index contributed by atoms with van der Waals surface area (Å²) in [6, 6.07) is 9.24. The number of rotatable bonds is 4. The Hall–Kier alpha value is -2.69. The molecule has 0 saturated heterocycles. The van der Waals surface area contributed by atoms with Gasteiger partial charge in [-0.2, -0.15) is 0 Å². The van der Waals surface area contributed by atoms with Gasteiger partial charge in [-0.05, 0) is 57.2 Å². The van der Waals surface area contributed by atoms with Crippen LogP contribution < -0.4 is 10.1 Å². The largest absolute Gasteiger partial charge is 0.424 e. The molecule has 0 bridgehead atoms. The highest BCUT2D eigenvalue weighted by molar-refractivity contribution is 5.99. The van der Waals surface area contributed by atoms with Gasteiger partial charge in [-0.1, -0.05) is 6.08 Å². The number of ether oxygens (including phenoxy) is 1. The van der Waals surface area contributed by atoms with Crippen molar-refractivity contribution in [2.75, 3.05) is 5.32 Å². The number of hydrogen-bond donors (Lipinski definition) is 1. The van der Waals surface area contributed by atoms with E-state index >= 15 is 0 Å². The van der Waals surface area contributed by atoms with Crippen molar-refractivity contribution in [1.29, 1.82) is 0 Å². The minimum absolute atomic E-state index is 0.163. The Morgan fingerprint density at radius 3 is 2.33 bits per heavy atom.